The van der Waals surface area contributed by atoms with Crippen LogP contribution in [0.1, 0.15) is 35.6 Å². The van der Waals surface area contributed by atoms with Crippen LogP contribution in [-0.4, -0.2) is 33.6 Å². The Morgan fingerprint density at radius 2 is 2.25 bits per heavy atom. The summed E-state index contributed by atoms with van der Waals surface area (Å²) in [6.45, 7) is 5.57. The molecule has 0 spiro atoms. The minimum absolute atomic E-state index is 0.335. The quantitative estimate of drug-likeness (QED) is 0.772. The minimum atomic E-state index is -0.525. The molecule has 1 aromatic rings. The maximum absolute atomic E-state index is 11.7. The number of aryl methyl sites for hydroxylation is 1. The van der Waals surface area contributed by atoms with E-state index in [0.29, 0.717) is 24.3 Å². The summed E-state index contributed by atoms with van der Waals surface area (Å²) in [5.41, 5.74) is 1.83. The number of hydrogen-bond donors (Lipinski definition) is 1. The number of aromatic nitrogens is 2. The highest BCUT2D eigenvalue weighted by molar-refractivity contribution is 5.92. The molecule has 0 bridgehead atoms. The molecule has 0 aromatic carbocycles. The SMILES string of the molecule is CCOC(=O)c1c(CC(C)O)nn(C)c1C. The van der Waals surface area contributed by atoms with E-state index >= 15 is 0 Å². The summed E-state index contributed by atoms with van der Waals surface area (Å²) < 4.78 is 6.60. The molecule has 0 saturated heterocycles. The van der Waals surface area contributed by atoms with E-state index in [1.807, 2.05) is 6.92 Å². The van der Waals surface area contributed by atoms with Crippen molar-refractivity contribution >= 4 is 5.97 Å². The van der Waals surface area contributed by atoms with Crippen LogP contribution in [0.15, 0.2) is 0 Å². The molecule has 90 valence electrons. The smallest absolute Gasteiger partial charge is 0.341 e. The average molecular weight is 226 g/mol. The predicted octanol–water partition coefficient (Wildman–Crippen LogP) is 0.829. The lowest BCUT2D eigenvalue weighted by atomic mass is 10.1. The molecule has 5 nitrogen and oxygen atoms in total. The highest BCUT2D eigenvalue weighted by Gasteiger charge is 2.21. The lowest BCUT2D eigenvalue weighted by molar-refractivity contribution is 0.0523. The molecule has 0 radical (unpaired) electrons. The first-order chi connectivity index (χ1) is 7.47. The average Bonchev–Trinajstić information content (AvgIpc) is 2.41. The number of nitrogens with zero attached hydrogens (tertiary/aromatic N) is 2. The summed E-state index contributed by atoms with van der Waals surface area (Å²) >= 11 is 0. The second kappa shape index (κ2) is 5.12. The zero-order valence-electron chi connectivity index (χ0n) is 10.1. The van der Waals surface area contributed by atoms with Gasteiger partial charge in [-0.05, 0) is 20.8 Å². The summed E-state index contributed by atoms with van der Waals surface area (Å²) in [7, 11) is 1.77. The number of hydrogen-bond acceptors (Lipinski definition) is 4. The largest absolute Gasteiger partial charge is 0.462 e. The van der Waals surface area contributed by atoms with Gasteiger partial charge in [-0.3, -0.25) is 4.68 Å². The first-order valence-electron chi connectivity index (χ1n) is 5.35. The molecule has 0 aliphatic heterocycles. The van der Waals surface area contributed by atoms with Crippen molar-refractivity contribution in [3.8, 4) is 0 Å². The highest BCUT2D eigenvalue weighted by atomic mass is 16.5. The van der Waals surface area contributed by atoms with Crippen LogP contribution in [0.3, 0.4) is 0 Å². The fourth-order valence-electron chi connectivity index (χ4n) is 1.57. The molecule has 0 saturated carbocycles. The predicted molar refractivity (Wildman–Crippen MR) is 59.3 cm³/mol. The van der Waals surface area contributed by atoms with E-state index in [4.69, 9.17) is 4.74 Å². The van der Waals surface area contributed by atoms with Crippen LogP contribution in [0.25, 0.3) is 0 Å². The molecule has 0 amide bonds. The Kier molecular flexibility index (Phi) is 4.06. The molecule has 1 aromatic heterocycles. The molecule has 0 fully saturated rings. The van der Waals surface area contributed by atoms with Crippen molar-refractivity contribution in [3.63, 3.8) is 0 Å². The van der Waals surface area contributed by atoms with Crippen molar-refractivity contribution in [3.05, 3.63) is 17.0 Å². The van der Waals surface area contributed by atoms with Gasteiger partial charge in [0.2, 0.25) is 0 Å². The Morgan fingerprint density at radius 3 is 2.75 bits per heavy atom. The van der Waals surface area contributed by atoms with Gasteiger partial charge in [0.15, 0.2) is 0 Å². The van der Waals surface area contributed by atoms with E-state index < -0.39 is 6.10 Å². The summed E-state index contributed by atoms with van der Waals surface area (Å²) in [4.78, 5) is 11.7. The van der Waals surface area contributed by atoms with E-state index in [9.17, 15) is 9.90 Å². The number of ether oxygens (including phenoxy) is 1. The summed E-state index contributed by atoms with van der Waals surface area (Å²) in [5.74, 6) is -0.372. The molecule has 1 unspecified atom stereocenters. The summed E-state index contributed by atoms with van der Waals surface area (Å²) in [6.07, 6.45) is -0.169. The van der Waals surface area contributed by atoms with Crippen molar-refractivity contribution in [2.24, 2.45) is 7.05 Å². The minimum Gasteiger partial charge on any atom is -0.462 e. The second-order valence-electron chi connectivity index (χ2n) is 3.80. The van der Waals surface area contributed by atoms with E-state index in [1.54, 1.807) is 25.6 Å². The summed E-state index contributed by atoms with van der Waals surface area (Å²) in [6, 6.07) is 0. The Balaban J connectivity index is 3.08. The topological polar surface area (TPSA) is 64.3 Å². The first kappa shape index (κ1) is 12.7. The fraction of sp³-hybridized carbons (Fsp3) is 0.636. The lowest BCUT2D eigenvalue weighted by Crippen LogP contribution is -2.12. The number of rotatable bonds is 4. The van der Waals surface area contributed by atoms with E-state index in [1.165, 1.54) is 0 Å². The number of carbonyl (C=O) groups is 1. The maximum atomic E-state index is 11.7. The van der Waals surface area contributed by atoms with Crippen LogP contribution in [0.4, 0.5) is 0 Å². The number of carbonyl (C=O) groups excluding carboxylic acids is 1. The standard InChI is InChI=1S/C11H18N2O3/c1-5-16-11(15)10-8(3)13(4)12-9(10)6-7(2)14/h7,14H,5-6H2,1-4H3. The Bertz CT molecular complexity index is 383. The Morgan fingerprint density at radius 1 is 1.62 bits per heavy atom. The van der Waals surface area contributed by atoms with Gasteiger partial charge < -0.3 is 9.84 Å². The van der Waals surface area contributed by atoms with Crippen LogP contribution < -0.4 is 0 Å². The molecule has 1 atom stereocenters. The van der Waals surface area contributed by atoms with Crippen molar-refractivity contribution in [2.45, 2.75) is 33.3 Å². The van der Waals surface area contributed by atoms with Gasteiger partial charge in [-0.25, -0.2) is 4.79 Å². The molecular formula is C11H18N2O3. The van der Waals surface area contributed by atoms with Crippen molar-refractivity contribution in [1.29, 1.82) is 0 Å². The van der Waals surface area contributed by atoms with E-state index in [2.05, 4.69) is 5.10 Å². The van der Waals surface area contributed by atoms with Gasteiger partial charge in [-0.2, -0.15) is 5.10 Å². The van der Waals surface area contributed by atoms with Crippen molar-refractivity contribution < 1.29 is 14.6 Å². The number of aliphatic hydroxyl groups excluding tert-OH is 1. The third-order valence-corrected chi connectivity index (χ3v) is 2.37. The molecule has 0 aliphatic carbocycles. The molecule has 1 N–H and O–H groups in total. The van der Waals surface area contributed by atoms with Gasteiger partial charge in [0.1, 0.15) is 5.56 Å². The maximum Gasteiger partial charge on any atom is 0.341 e. The first-order valence-corrected chi connectivity index (χ1v) is 5.35. The van der Waals surface area contributed by atoms with Crippen LogP contribution in [0.5, 0.6) is 0 Å². The zero-order chi connectivity index (χ0) is 12.3. The van der Waals surface area contributed by atoms with Crippen LogP contribution >= 0.6 is 0 Å². The van der Waals surface area contributed by atoms with Gasteiger partial charge in [-0.1, -0.05) is 0 Å². The van der Waals surface area contributed by atoms with Crippen LogP contribution in [0, 0.1) is 6.92 Å². The normalized spacial score (nSPS) is 12.6. The third kappa shape index (κ3) is 2.61. The van der Waals surface area contributed by atoms with Crippen LogP contribution in [-0.2, 0) is 18.2 Å². The lowest BCUT2D eigenvalue weighted by Gasteiger charge is -2.05. The second-order valence-corrected chi connectivity index (χ2v) is 3.80. The molecule has 16 heavy (non-hydrogen) atoms. The molecule has 0 aliphatic rings. The van der Waals surface area contributed by atoms with E-state index in [-0.39, 0.29) is 5.97 Å². The van der Waals surface area contributed by atoms with Gasteiger partial charge in [0.05, 0.1) is 18.4 Å². The van der Waals surface area contributed by atoms with Crippen molar-refractivity contribution in [2.75, 3.05) is 6.61 Å². The third-order valence-electron chi connectivity index (χ3n) is 2.37. The van der Waals surface area contributed by atoms with Crippen molar-refractivity contribution in [1.82, 2.24) is 9.78 Å². The zero-order valence-corrected chi connectivity index (χ0v) is 10.1. The fourth-order valence-corrected chi connectivity index (χ4v) is 1.57. The summed E-state index contributed by atoms with van der Waals surface area (Å²) in [5, 5.41) is 13.6. The monoisotopic (exact) mass is 226 g/mol. The van der Waals surface area contributed by atoms with E-state index in [0.717, 1.165) is 5.69 Å². The van der Waals surface area contributed by atoms with Crippen LogP contribution in [0.2, 0.25) is 0 Å². The van der Waals surface area contributed by atoms with Gasteiger partial charge >= 0.3 is 5.97 Å². The Hall–Kier alpha value is -1.36. The Labute approximate surface area is 95.0 Å². The molecule has 1 rings (SSSR count). The molecule has 5 heteroatoms. The van der Waals surface area contributed by atoms with Gasteiger partial charge in [-0.15, -0.1) is 0 Å². The molecule has 1 heterocycles. The van der Waals surface area contributed by atoms with Gasteiger partial charge in [0, 0.05) is 19.2 Å². The van der Waals surface area contributed by atoms with Gasteiger partial charge in [0.25, 0.3) is 0 Å². The number of aliphatic hydroxyl groups is 1. The highest BCUT2D eigenvalue weighted by Crippen LogP contribution is 2.16. The number of esters is 1. The molecular weight excluding hydrogens is 208 g/mol.